The van der Waals surface area contributed by atoms with Gasteiger partial charge in [0.25, 0.3) is 0 Å². The van der Waals surface area contributed by atoms with Crippen LogP contribution in [0.4, 0.5) is 0 Å². The molecule has 4 nitrogen and oxygen atoms in total. The zero-order valence-corrected chi connectivity index (χ0v) is 19.0. The summed E-state index contributed by atoms with van der Waals surface area (Å²) in [6.45, 7) is 4.70. The van der Waals surface area contributed by atoms with Gasteiger partial charge in [0, 0.05) is 19.4 Å². The molecule has 0 aliphatic rings. The Hall–Kier alpha value is -2.97. The Bertz CT molecular complexity index is 955. The molecule has 0 amide bonds. The van der Waals surface area contributed by atoms with E-state index >= 15 is 0 Å². The second kappa shape index (κ2) is 10.9. The van der Waals surface area contributed by atoms with E-state index in [9.17, 15) is 9.59 Å². The van der Waals surface area contributed by atoms with E-state index in [-0.39, 0.29) is 0 Å². The molecule has 3 aromatic rings. The summed E-state index contributed by atoms with van der Waals surface area (Å²) in [6, 6.07) is 24.8. The SMILES string of the molecule is CCc1c(OC(C)=O)cc(CCP(c2ccccc2)c2ccccc2)cc1OC(C)=O. The Kier molecular flexibility index (Phi) is 7.97. The number of rotatable bonds is 8. The molecular formula is C26H27O4P. The molecule has 0 heterocycles. The van der Waals surface area contributed by atoms with Crippen molar-refractivity contribution in [2.45, 2.75) is 33.6 Å². The smallest absolute Gasteiger partial charge is 0.308 e. The Labute approximate surface area is 185 Å². The van der Waals surface area contributed by atoms with Gasteiger partial charge in [-0.15, -0.1) is 0 Å². The van der Waals surface area contributed by atoms with E-state index in [0.29, 0.717) is 17.9 Å². The summed E-state index contributed by atoms with van der Waals surface area (Å²) < 4.78 is 10.9. The van der Waals surface area contributed by atoms with Crippen LogP contribution in [0.1, 0.15) is 31.9 Å². The van der Waals surface area contributed by atoms with Gasteiger partial charge >= 0.3 is 11.9 Å². The minimum Gasteiger partial charge on any atom is -0.426 e. The first-order valence-electron chi connectivity index (χ1n) is 10.4. The zero-order chi connectivity index (χ0) is 22.2. The Morgan fingerprint density at radius 3 is 1.61 bits per heavy atom. The molecule has 0 saturated carbocycles. The van der Waals surface area contributed by atoms with Gasteiger partial charge in [-0.2, -0.15) is 0 Å². The van der Waals surface area contributed by atoms with Crippen molar-refractivity contribution < 1.29 is 19.1 Å². The van der Waals surface area contributed by atoms with Crippen molar-refractivity contribution >= 4 is 30.5 Å². The molecule has 0 aliphatic heterocycles. The maximum absolute atomic E-state index is 11.6. The average Bonchev–Trinajstić information content (AvgIpc) is 2.74. The molecular weight excluding hydrogens is 407 g/mol. The van der Waals surface area contributed by atoms with Gasteiger partial charge in [-0.1, -0.05) is 67.6 Å². The molecule has 3 aromatic carbocycles. The van der Waals surface area contributed by atoms with Gasteiger partial charge in [0.05, 0.1) is 0 Å². The number of benzene rings is 3. The van der Waals surface area contributed by atoms with Crippen LogP contribution >= 0.6 is 7.92 Å². The lowest BCUT2D eigenvalue weighted by atomic mass is 10.0. The topological polar surface area (TPSA) is 52.6 Å². The molecule has 160 valence electrons. The minimum absolute atomic E-state index is 0.392. The summed E-state index contributed by atoms with van der Waals surface area (Å²) in [5.41, 5.74) is 1.70. The van der Waals surface area contributed by atoms with Crippen LogP contribution in [0.3, 0.4) is 0 Å². The first kappa shape index (κ1) is 22.7. The summed E-state index contributed by atoms with van der Waals surface area (Å²) in [7, 11) is -0.554. The van der Waals surface area contributed by atoms with Crippen LogP contribution in [-0.2, 0) is 22.4 Å². The molecule has 5 heteroatoms. The van der Waals surface area contributed by atoms with Gasteiger partial charge in [0.2, 0.25) is 0 Å². The summed E-state index contributed by atoms with van der Waals surface area (Å²) in [4.78, 5) is 23.3. The summed E-state index contributed by atoms with van der Waals surface area (Å²) in [6.07, 6.45) is 2.28. The fourth-order valence-electron chi connectivity index (χ4n) is 3.52. The summed E-state index contributed by atoms with van der Waals surface area (Å²) in [5, 5.41) is 2.63. The van der Waals surface area contributed by atoms with Gasteiger partial charge in [0.15, 0.2) is 0 Å². The fourth-order valence-corrected chi connectivity index (χ4v) is 5.88. The highest BCUT2D eigenvalue weighted by molar-refractivity contribution is 7.73. The van der Waals surface area contributed by atoms with Crippen LogP contribution in [0.15, 0.2) is 72.8 Å². The second-order valence-corrected chi connectivity index (χ2v) is 9.52. The molecule has 31 heavy (non-hydrogen) atoms. The van der Waals surface area contributed by atoms with E-state index in [2.05, 4.69) is 48.5 Å². The van der Waals surface area contributed by atoms with Crippen molar-refractivity contribution in [1.82, 2.24) is 0 Å². The maximum atomic E-state index is 11.6. The minimum atomic E-state index is -0.554. The molecule has 0 radical (unpaired) electrons. The van der Waals surface area contributed by atoms with E-state index in [1.54, 1.807) is 0 Å². The molecule has 0 aromatic heterocycles. The fraction of sp³-hybridized carbons (Fsp3) is 0.231. The van der Waals surface area contributed by atoms with Gasteiger partial charge in [-0.05, 0) is 55.2 Å². The normalized spacial score (nSPS) is 10.7. The molecule has 0 unspecified atom stereocenters. The highest BCUT2D eigenvalue weighted by Crippen LogP contribution is 2.37. The van der Waals surface area contributed by atoms with Crippen LogP contribution in [0.2, 0.25) is 0 Å². The van der Waals surface area contributed by atoms with Crippen molar-refractivity contribution in [3.63, 3.8) is 0 Å². The first-order valence-corrected chi connectivity index (χ1v) is 11.9. The lowest BCUT2D eigenvalue weighted by Gasteiger charge is -2.20. The van der Waals surface area contributed by atoms with Crippen LogP contribution < -0.4 is 20.1 Å². The maximum Gasteiger partial charge on any atom is 0.308 e. The average molecular weight is 434 g/mol. The third-order valence-electron chi connectivity index (χ3n) is 4.85. The number of carbonyl (C=O) groups excluding carboxylic acids is 2. The highest BCUT2D eigenvalue weighted by atomic mass is 31.1. The molecule has 0 spiro atoms. The number of hydrogen-bond acceptors (Lipinski definition) is 4. The molecule has 0 N–H and O–H groups in total. The van der Waals surface area contributed by atoms with Gasteiger partial charge < -0.3 is 9.47 Å². The van der Waals surface area contributed by atoms with Gasteiger partial charge in [-0.25, -0.2) is 0 Å². The molecule has 0 atom stereocenters. The van der Waals surface area contributed by atoms with Crippen LogP contribution in [0.5, 0.6) is 11.5 Å². The summed E-state index contributed by atoms with van der Waals surface area (Å²) >= 11 is 0. The lowest BCUT2D eigenvalue weighted by molar-refractivity contribution is -0.132. The highest BCUT2D eigenvalue weighted by Gasteiger charge is 2.18. The molecule has 3 rings (SSSR count). The van der Waals surface area contributed by atoms with Crippen molar-refractivity contribution in [2.75, 3.05) is 6.16 Å². The Balaban J connectivity index is 1.94. The van der Waals surface area contributed by atoms with E-state index in [1.807, 2.05) is 31.2 Å². The van der Waals surface area contributed by atoms with Crippen molar-refractivity contribution in [3.8, 4) is 11.5 Å². The van der Waals surface area contributed by atoms with Crippen molar-refractivity contribution in [3.05, 3.63) is 83.9 Å². The second-order valence-electron chi connectivity index (χ2n) is 7.18. The Morgan fingerprint density at radius 2 is 1.23 bits per heavy atom. The zero-order valence-electron chi connectivity index (χ0n) is 18.1. The van der Waals surface area contributed by atoms with E-state index in [4.69, 9.17) is 9.47 Å². The molecule has 0 saturated heterocycles. The van der Waals surface area contributed by atoms with Crippen LogP contribution in [0.25, 0.3) is 0 Å². The van der Waals surface area contributed by atoms with E-state index in [1.165, 1.54) is 24.5 Å². The Morgan fingerprint density at radius 1 is 0.774 bits per heavy atom. The standard InChI is InChI=1S/C26H27O4P/c1-4-24-25(29-19(2)27)17-21(18-26(24)30-20(3)28)15-16-31(22-11-7-5-8-12-22)23-13-9-6-10-14-23/h5-14,17-18H,4,15-16H2,1-3H3. The first-order chi connectivity index (χ1) is 15.0. The van der Waals surface area contributed by atoms with E-state index in [0.717, 1.165) is 23.7 Å². The largest absolute Gasteiger partial charge is 0.426 e. The lowest BCUT2D eigenvalue weighted by Crippen LogP contribution is -2.15. The number of esters is 2. The number of ether oxygens (including phenoxy) is 2. The van der Waals surface area contributed by atoms with Crippen molar-refractivity contribution in [1.29, 1.82) is 0 Å². The predicted octanol–water partition coefficient (Wildman–Crippen LogP) is 4.78. The summed E-state index contributed by atoms with van der Waals surface area (Å²) in [5.74, 6) is 0.146. The third kappa shape index (κ3) is 6.26. The van der Waals surface area contributed by atoms with Crippen LogP contribution in [-0.4, -0.2) is 18.1 Å². The number of aryl methyl sites for hydroxylation is 1. The molecule has 0 fully saturated rings. The number of carbonyl (C=O) groups is 2. The molecule has 0 bridgehead atoms. The van der Waals surface area contributed by atoms with Crippen LogP contribution in [0, 0.1) is 0 Å². The molecule has 0 aliphatic carbocycles. The van der Waals surface area contributed by atoms with Crippen molar-refractivity contribution in [2.24, 2.45) is 0 Å². The van der Waals surface area contributed by atoms with E-state index < -0.39 is 19.9 Å². The monoisotopic (exact) mass is 434 g/mol. The predicted molar refractivity (Wildman–Crippen MR) is 126 cm³/mol. The van der Waals surface area contributed by atoms with Gasteiger partial charge in [-0.3, -0.25) is 9.59 Å². The number of hydrogen-bond donors (Lipinski definition) is 0. The van der Waals surface area contributed by atoms with Gasteiger partial charge in [0.1, 0.15) is 11.5 Å². The third-order valence-corrected chi connectivity index (χ3v) is 7.36. The quantitative estimate of drug-likeness (QED) is 0.291.